The van der Waals surface area contributed by atoms with Crippen LogP contribution in [0.4, 0.5) is 8.78 Å². The Hall–Kier alpha value is -4.41. The van der Waals surface area contributed by atoms with Crippen molar-refractivity contribution in [3.63, 3.8) is 0 Å². The van der Waals surface area contributed by atoms with E-state index in [-0.39, 0.29) is 51.8 Å². The summed E-state index contributed by atoms with van der Waals surface area (Å²) in [6.07, 6.45) is 0. The lowest BCUT2D eigenvalue weighted by Gasteiger charge is -2.14. The number of nitrogens with zero attached hydrogens (tertiary/aromatic N) is 5. The van der Waals surface area contributed by atoms with Gasteiger partial charge in [-0.2, -0.15) is 14.5 Å². The third-order valence-corrected chi connectivity index (χ3v) is 6.65. The second-order valence-corrected chi connectivity index (χ2v) is 9.51. The summed E-state index contributed by atoms with van der Waals surface area (Å²) in [5.41, 5.74) is -0.357. The van der Waals surface area contributed by atoms with Crippen LogP contribution in [0.5, 0.6) is 0 Å². The zero-order valence-electron chi connectivity index (χ0n) is 21.7. The first-order chi connectivity index (χ1) is 19.2. The number of ether oxygens (including phenoxy) is 1. The Bertz CT molecular complexity index is 1860. The van der Waals surface area contributed by atoms with E-state index >= 15 is 4.39 Å². The summed E-state index contributed by atoms with van der Waals surface area (Å²) in [6.45, 7) is 7.82. The average Bonchev–Trinajstić information content (AvgIpc) is 3.24. The van der Waals surface area contributed by atoms with Gasteiger partial charge in [-0.3, -0.25) is 9.36 Å². The predicted octanol–water partition coefficient (Wildman–Crippen LogP) is 5.43. The molecule has 5 rings (SSSR count). The number of hydrogen-bond acceptors (Lipinski definition) is 5. The molecule has 204 valence electrons. The van der Waals surface area contributed by atoms with Crippen molar-refractivity contribution in [2.45, 2.75) is 33.6 Å². The van der Waals surface area contributed by atoms with Crippen molar-refractivity contribution in [3.8, 4) is 11.4 Å². The third kappa shape index (κ3) is 4.87. The topological polar surface area (TPSA) is 83.9 Å². The molecular weight excluding hydrogens is 540 g/mol. The quantitative estimate of drug-likeness (QED) is 0.251. The molecule has 2 heterocycles. The van der Waals surface area contributed by atoms with E-state index in [1.807, 2.05) is 30.3 Å². The lowest BCUT2D eigenvalue weighted by atomic mass is 10.1. The molecule has 5 aromatic rings. The first-order valence-electron chi connectivity index (χ1n) is 12.4. The number of fused-ring (bicyclic) bond motifs is 1. The number of para-hydroxylation sites is 1. The van der Waals surface area contributed by atoms with Crippen LogP contribution < -0.4 is 11.2 Å². The monoisotopic (exact) mass is 563 g/mol. The fourth-order valence-corrected chi connectivity index (χ4v) is 4.66. The first-order valence-corrected chi connectivity index (χ1v) is 12.8. The van der Waals surface area contributed by atoms with Gasteiger partial charge in [-0.15, -0.1) is 5.10 Å². The first kappa shape index (κ1) is 27.2. The molecule has 8 nitrogen and oxygen atoms in total. The second kappa shape index (κ2) is 11.0. The van der Waals surface area contributed by atoms with Crippen LogP contribution >= 0.6 is 11.6 Å². The van der Waals surface area contributed by atoms with Crippen molar-refractivity contribution >= 4 is 27.9 Å². The summed E-state index contributed by atoms with van der Waals surface area (Å²) in [7, 11) is 0. The molecule has 3 aromatic carbocycles. The number of benzene rings is 3. The van der Waals surface area contributed by atoms with Crippen molar-refractivity contribution in [1.82, 2.24) is 24.1 Å². The molecule has 11 heteroatoms. The number of hydrogen-bond donors (Lipinski definition) is 0. The van der Waals surface area contributed by atoms with Gasteiger partial charge >= 0.3 is 5.69 Å². The molecule has 0 unspecified atom stereocenters. The minimum Gasteiger partial charge on any atom is -0.369 e. The molecule has 0 N–H and O–H groups in total. The Morgan fingerprint density at radius 2 is 1.70 bits per heavy atom. The molecule has 0 aliphatic rings. The highest BCUT2D eigenvalue weighted by Crippen LogP contribution is 2.27. The van der Waals surface area contributed by atoms with Crippen molar-refractivity contribution in [3.05, 3.63) is 122 Å². The van der Waals surface area contributed by atoms with Gasteiger partial charge in [0.1, 0.15) is 23.8 Å². The van der Waals surface area contributed by atoms with E-state index in [9.17, 15) is 14.0 Å². The van der Waals surface area contributed by atoms with Crippen molar-refractivity contribution in [2.24, 2.45) is 0 Å². The van der Waals surface area contributed by atoms with Gasteiger partial charge in [0.2, 0.25) is 0 Å². The second-order valence-electron chi connectivity index (χ2n) is 9.10. The maximum Gasteiger partial charge on any atom is 0.350 e. The molecule has 40 heavy (non-hydrogen) atoms. The molecule has 0 radical (unpaired) electrons. The van der Waals surface area contributed by atoms with Gasteiger partial charge in [0.05, 0.1) is 22.7 Å². The van der Waals surface area contributed by atoms with Gasteiger partial charge in [0, 0.05) is 11.9 Å². The highest BCUT2D eigenvalue weighted by Gasteiger charge is 2.22. The molecule has 0 atom stereocenters. The Morgan fingerprint density at radius 1 is 0.950 bits per heavy atom. The maximum atomic E-state index is 15.5. The number of aromatic nitrogens is 5. The summed E-state index contributed by atoms with van der Waals surface area (Å²) in [5, 5.41) is 8.66. The van der Waals surface area contributed by atoms with Gasteiger partial charge < -0.3 is 4.74 Å². The van der Waals surface area contributed by atoms with Crippen LogP contribution in [0.2, 0.25) is 5.02 Å². The molecule has 0 amide bonds. The number of halogens is 3. The molecule has 0 aliphatic carbocycles. The van der Waals surface area contributed by atoms with Gasteiger partial charge in [-0.05, 0) is 49.2 Å². The molecule has 2 aromatic heterocycles. The lowest BCUT2D eigenvalue weighted by molar-refractivity contribution is 0.0989. The smallest absolute Gasteiger partial charge is 0.350 e. The largest absolute Gasteiger partial charge is 0.369 e. The van der Waals surface area contributed by atoms with Crippen LogP contribution in [0, 0.1) is 11.6 Å². The van der Waals surface area contributed by atoms with Crippen LogP contribution in [0.1, 0.15) is 30.9 Å². The number of allylic oxidation sites excluding steroid dienone is 1. The van der Waals surface area contributed by atoms with E-state index in [0.29, 0.717) is 12.2 Å². The van der Waals surface area contributed by atoms with Crippen molar-refractivity contribution < 1.29 is 13.5 Å². The molecule has 0 spiro atoms. The van der Waals surface area contributed by atoms with Crippen LogP contribution in [0.25, 0.3) is 27.7 Å². The summed E-state index contributed by atoms with van der Waals surface area (Å²) < 4.78 is 39.1. The lowest BCUT2D eigenvalue weighted by Crippen LogP contribution is -2.26. The highest BCUT2D eigenvalue weighted by atomic mass is 35.5. The standard InChI is InChI=1S/C29H24ClF2N5O3/c1-4-35-25(16-40-15-18-9-6-5-7-10-18)33-36(29(35)39)24-14-20-19(13-23(24)32)26(17(2)3)34-37(28(20)38)27-21(30)11-8-12-22(27)31/h5-14H,2,4,15-16H2,1,3H3. The SMILES string of the molecule is C=C(C)c1nn(-c2c(F)cccc2Cl)c(=O)c2cc(-n3nc(COCc4ccccc4)n(CC)c3=O)c(F)cc12. The summed E-state index contributed by atoms with van der Waals surface area (Å²) in [4.78, 5) is 26.8. The third-order valence-electron chi connectivity index (χ3n) is 6.34. The van der Waals surface area contributed by atoms with Crippen LogP contribution in [0.3, 0.4) is 0 Å². The Labute approximate surface area is 232 Å². The molecule has 0 fully saturated rings. The van der Waals surface area contributed by atoms with Crippen molar-refractivity contribution in [1.29, 1.82) is 0 Å². The number of rotatable bonds is 8. The van der Waals surface area contributed by atoms with E-state index in [1.54, 1.807) is 13.8 Å². The summed E-state index contributed by atoms with van der Waals surface area (Å²) in [5.74, 6) is -1.29. The Kier molecular flexibility index (Phi) is 7.46. The van der Waals surface area contributed by atoms with Crippen LogP contribution in [0.15, 0.2) is 76.8 Å². The van der Waals surface area contributed by atoms with Gasteiger partial charge in [0.25, 0.3) is 5.56 Å². The van der Waals surface area contributed by atoms with Crippen molar-refractivity contribution in [2.75, 3.05) is 0 Å². The van der Waals surface area contributed by atoms with E-state index in [2.05, 4.69) is 16.8 Å². The summed E-state index contributed by atoms with van der Waals surface area (Å²) in [6, 6.07) is 15.8. The fraction of sp³-hybridized carbons (Fsp3) is 0.172. The van der Waals surface area contributed by atoms with Gasteiger partial charge in [-0.25, -0.2) is 13.6 Å². The fourth-order valence-electron chi connectivity index (χ4n) is 4.42. The normalized spacial score (nSPS) is 11.3. The zero-order chi connectivity index (χ0) is 28.6. The average molecular weight is 564 g/mol. The minimum atomic E-state index is -0.808. The molecular formula is C29H24ClF2N5O3. The predicted molar refractivity (Wildman–Crippen MR) is 149 cm³/mol. The van der Waals surface area contributed by atoms with E-state index in [1.165, 1.54) is 22.8 Å². The van der Waals surface area contributed by atoms with Crippen LogP contribution in [-0.4, -0.2) is 24.1 Å². The minimum absolute atomic E-state index is 0.00247. The highest BCUT2D eigenvalue weighted by molar-refractivity contribution is 6.32. The Balaban J connectivity index is 1.65. The maximum absolute atomic E-state index is 15.5. The van der Waals surface area contributed by atoms with Gasteiger partial charge in [-0.1, -0.05) is 54.6 Å². The molecule has 0 bridgehead atoms. The zero-order valence-corrected chi connectivity index (χ0v) is 22.5. The molecule has 0 saturated heterocycles. The summed E-state index contributed by atoms with van der Waals surface area (Å²) >= 11 is 6.22. The van der Waals surface area contributed by atoms with Gasteiger partial charge in [0.15, 0.2) is 11.6 Å². The van der Waals surface area contributed by atoms with Crippen LogP contribution in [-0.2, 0) is 24.5 Å². The molecule has 0 saturated carbocycles. The van der Waals surface area contributed by atoms with E-state index in [0.717, 1.165) is 27.1 Å². The Morgan fingerprint density at radius 3 is 2.38 bits per heavy atom. The molecule has 0 aliphatic heterocycles. The van der Waals surface area contributed by atoms with E-state index < -0.39 is 22.9 Å². The van der Waals surface area contributed by atoms with E-state index in [4.69, 9.17) is 16.3 Å².